The zero-order valence-electron chi connectivity index (χ0n) is 30.6. The first-order valence-electron chi connectivity index (χ1n) is 17.9. The molecule has 1 aromatic heterocycles. The summed E-state index contributed by atoms with van der Waals surface area (Å²) < 4.78 is 0. The first kappa shape index (κ1) is 42.7. The van der Waals surface area contributed by atoms with E-state index >= 15 is 0 Å². The van der Waals surface area contributed by atoms with Crippen molar-refractivity contribution in [2.75, 3.05) is 32.7 Å². The second-order valence-corrected chi connectivity index (χ2v) is 13.4. The fourth-order valence-electron chi connectivity index (χ4n) is 5.57. The standard InChI is InChI=1S/C34H60N14O4/c1-21(2)27(12-13-29(35)49)48-34(52)44-19-24(9-7-15-41-31(38)39)46-33(51)45-20-25(16-23-18-42-28-11-5-4-10-26(23)28)47-32(50)43-17-22(3)8-6-14-40-30(36)37/h4-5,10-11,18,21-22,24-25,27,42H,6-9,12-17,19-20H2,1-3H3,(H2,35,49)(H4,36,37,40)(H4,38,39,41)(H2,43,47,50)(H2,44,48,52)(H2,45,46,51)/t22-,24-,25-,27+/m0/s1. The number of H-pyrrole nitrogens is 1. The maximum Gasteiger partial charge on any atom is 0.315 e. The van der Waals surface area contributed by atoms with Crippen LogP contribution in [0.5, 0.6) is 0 Å². The van der Waals surface area contributed by atoms with Crippen LogP contribution in [0.15, 0.2) is 30.5 Å². The molecule has 18 heteroatoms. The molecule has 4 atom stereocenters. The number of benzene rings is 1. The number of carbonyl (C=O) groups is 4. The number of carbonyl (C=O) groups excluding carboxylic acids is 4. The molecule has 0 saturated heterocycles. The van der Waals surface area contributed by atoms with Crippen molar-refractivity contribution in [2.45, 2.75) is 83.8 Å². The van der Waals surface area contributed by atoms with Crippen molar-refractivity contribution in [3.05, 3.63) is 36.0 Å². The van der Waals surface area contributed by atoms with Crippen molar-refractivity contribution >= 4 is 46.8 Å². The molecule has 18 nitrogen and oxygen atoms in total. The van der Waals surface area contributed by atoms with E-state index in [0.29, 0.717) is 45.3 Å². The topological polar surface area (TPSA) is 306 Å². The first-order valence-corrected chi connectivity index (χ1v) is 17.9. The molecule has 0 aliphatic rings. The minimum absolute atomic E-state index is 0.0692. The lowest BCUT2D eigenvalue weighted by Gasteiger charge is -2.25. The van der Waals surface area contributed by atoms with E-state index in [1.807, 2.05) is 51.2 Å². The van der Waals surface area contributed by atoms with E-state index in [-0.39, 0.29) is 55.3 Å². The van der Waals surface area contributed by atoms with Gasteiger partial charge in [-0.3, -0.25) is 15.6 Å². The van der Waals surface area contributed by atoms with Gasteiger partial charge >= 0.3 is 18.1 Å². The highest BCUT2D eigenvalue weighted by atomic mass is 16.2. The van der Waals surface area contributed by atoms with Crippen LogP contribution in [0.25, 0.3) is 10.9 Å². The summed E-state index contributed by atoms with van der Waals surface area (Å²) in [7, 11) is 0. The van der Waals surface area contributed by atoms with Gasteiger partial charge < -0.3 is 64.7 Å². The van der Waals surface area contributed by atoms with E-state index in [2.05, 4.69) is 47.5 Å². The van der Waals surface area contributed by atoms with Gasteiger partial charge in [0.1, 0.15) is 0 Å². The SMILES string of the molecule is CC(C)[C@@H](CCC(N)=O)NC(=O)NC[C@H](CCCNC(=N)N)NC(=O)NC[C@H](Cc1c[nH]c2ccccc12)NC(=O)NC[C@@H](C)CCCNC(=N)N. The highest BCUT2D eigenvalue weighted by Crippen LogP contribution is 2.19. The van der Waals surface area contributed by atoms with Crippen molar-refractivity contribution in [1.29, 1.82) is 10.8 Å². The Hall–Kier alpha value is -5.42. The average Bonchev–Trinajstić information content (AvgIpc) is 3.49. The number of fused-ring (bicyclic) bond motifs is 1. The summed E-state index contributed by atoms with van der Waals surface area (Å²) in [5.41, 5.74) is 18.0. The van der Waals surface area contributed by atoms with Gasteiger partial charge in [-0.15, -0.1) is 0 Å². The Morgan fingerprint density at radius 2 is 1.27 bits per heavy atom. The number of aromatic amines is 1. The van der Waals surface area contributed by atoms with Crippen molar-refractivity contribution in [3.8, 4) is 0 Å². The molecule has 2 aromatic rings. The zero-order valence-corrected chi connectivity index (χ0v) is 30.6. The minimum atomic E-state index is -0.479. The molecule has 0 aliphatic carbocycles. The molecular formula is C34H60N14O4. The third-order valence-corrected chi connectivity index (χ3v) is 8.50. The van der Waals surface area contributed by atoms with Gasteiger partial charge in [0.2, 0.25) is 5.91 Å². The number of para-hydroxylation sites is 1. The quantitative estimate of drug-likeness (QED) is 0.0440. The van der Waals surface area contributed by atoms with E-state index in [1.165, 1.54) is 0 Å². The lowest BCUT2D eigenvalue weighted by atomic mass is 9.99. The summed E-state index contributed by atoms with van der Waals surface area (Å²) >= 11 is 0. The van der Waals surface area contributed by atoms with Crippen molar-refractivity contribution < 1.29 is 19.2 Å². The van der Waals surface area contributed by atoms with Crippen LogP contribution in [0.4, 0.5) is 14.4 Å². The second kappa shape index (κ2) is 23.1. The van der Waals surface area contributed by atoms with Gasteiger partial charge in [0.15, 0.2) is 11.9 Å². The summed E-state index contributed by atoms with van der Waals surface area (Å²) in [6.07, 6.45) is 5.55. The number of hydrogen-bond acceptors (Lipinski definition) is 6. The van der Waals surface area contributed by atoms with Gasteiger partial charge in [-0.25, -0.2) is 14.4 Å². The molecule has 17 N–H and O–H groups in total. The number of nitrogens with two attached hydrogens (primary N) is 3. The van der Waals surface area contributed by atoms with Gasteiger partial charge in [0.25, 0.3) is 0 Å². The van der Waals surface area contributed by atoms with Crippen LogP contribution in [0.3, 0.4) is 0 Å². The Bertz CT molecular complexity index is 1450. The fraction of sp³-hybridized carbons (Fsp3) is 0.588. The lowest BCUT2D eigenvalue weighted by molar-refractivity contribution is -0.118. The zero-order chi connectivity index (χ0) is 38.5. The third kappa shape index (κ3) is 18.0. The number of guanidine groups is 2. The minimum Gasteiger partial charge on any atom is -0.370 e. The second-order valence-electron chi connectivity index (χ2n) is 13.4. The molecule has 0 spiro atoms. The largest absolute Gasteiger partial charge is 0.370 e. The smallest absolute Gasteiger partial charge is 0.315 e. The van der Waals surface area contributed by atoms with Crippen LogP contribution >= 0.6 is 0 Å². The van der Waals surface area contributed by atoms with Gasteiger partial charge in [0.05, 0.1) is 6.04 Å². The predicted octanol–water partition coefficient (Wildman–Crippen LogP) is 0.798. The number of hydrogen-bond donors (Lipinski definition) is 14. The van der Waals surface area contributed by atoms with Crippen LogP contribution < -0.4 is 59.7 Å². The molecule has 290 valence electrons. The molecule has 0 radical (unpaired) electrons. The van der Waals surface area contributed by atoms with Crippen LogP contribution in [0, 0.1) is 22.7 Å². The number of urea groups is 3. The molecule has 52 heavy (non-hydrogen) atoms. The highest BCUT2D eigenvalue weighted by Gasteiger charge is 2.21. The number of amides is 7. The van der Waals surface area contributed by atoms with Gasteiger partial charge in [0, 0.05) is 68.3 Å². The normalized spacial score (nSPS) is 13.2. The molecule has 0 aliphatic heterocycles. The number of primary amides is 1. The van der Waals surface area contributed by atoms with E-state index in [4.69, 9.17) is 28.0 Å². The summed E-state index contributed by atoms with van der Waals surface area (Å²) in [5, 5.41) is 38.6. The Labute approximate surface area is 305 Å². The summed E-state index contributed by atoms with van der Waals surface area (Å²) in [6, 6.07) is 5.37. The van der Waals surface area contributed by atoms with E-state index in [0.717, 1.165) is 29.3 Å². The average molecular weight is 729 g/mol. The maximum absolute atomic E-state index is 13.2. The monoisotopic (exact) mass is 728 g/mol. The third-order valence-electron chi connectivity index (χ3n) is 8.50. The van der Waals surface area contributed by atoms with E-state index < -0.39 is 30.1 Å². The van der Waals surface area contributed by atoms with Gasteiger partial charge in [-0.05, 0) is 62.0 Å². The Morgan fingerprint density at radius 3 is 1.88 bits per heavy atom. The van der Waals surface area contributed by atoms with Crippen molar-refractivity contribution in [3.63, 3.8) is 0 Å². The van der Waals surface area contributed by atoms with Gasteiger partial charge in [-0.2, -0.15) is 0 Å². The molecule has 0 saturated carbocycles. The molecular weight excluding hydrogens is 668 g/mol. The molecule has 0 fully saturated rings. The van der Waals surface area contributed by atoms with Gasteiger partial charge in [-0.1, -0.05) is 39.0 Å². The number of aromatic nitrogens is 1. The van der Waals surface area contributed by atoms with E-state index in [1.54, 1.807) is 0 Å². The van der Waals surface area contributed by atoms with Crippen LogP contribution in [-0.2, 0) is 11.2 Å². The van der Waals surface area contributed by atoms with E-state index in [9.17, 15) is 19.2 Å². The van der Waals surface area contributed by atoms with Crippen LogP contribution in [0.2, 0.25) is 0 Å². The molecule has 7 amide bonds. The van der Waals surface area contributed by atoms with Crippen molar-refractivity contribution in [1.82, 2.24) is 47.5 Å². The molecule has 1 heterocycles. The molecule has 1 aromatic carbocycles. The maximum atomic E-state index is 13.2. The Kier molecular flexibility index (Phi) is 19.0. The van der Waals surface area contributed by atoms with Crippen molar-refractivity contribution in [2.24, 2.45) is 29.0 Å². The molecule has 0 bridgehead atoms. The summed E-state index contributed by atoms with van der Waals surface area (Å²) in [6.45, 7) is 7.57. The Morgan fingerprint density at radius 1 is 0.712 bits per heavy atom. The first-order chi connectivity index (χ1) is 24.7. The fourth-order valence-corrected chi connectivity index (χ4v) is 5.57. The summed E-state index contributed by atoms with van der Waals surface area (Å²) in [5.74, 6) is -0.409. The number of nitrogens with one attached hydrogen (secondary N) is 11. The molecule has 2 rings (SSSR count). The van der Waals surface area contributed by atoms with Crippen LogP contribution in [0.1, 0.15) is 64.9 Å². The number of rotatable bonds is 23. The lowest BCUT2D eigenvalue weighted by Crippen LogP contribution is -2.54. The highest BCUT2D eigenvalue weighted by molar-refractivity contribution is 5.83. The van der Waals surface area contributed by atoms with Crippen LogP contribution in [-0.4, -0.2) is 91.8 Å². The summed E-state index contributed by atoms with van der Waals surface area (Å²) in [4.78, 5) is 53.5. The predicted molar refractivity (Wildman–Crippen MR) is 204 cm³/mol. The molecule has 0 unspecified atom stereocenters. The Balaban J connectivity index is 2.03.